The average Bonchev–Trinajstić information content (AvgIpc) is 2.77. The van der Waals surface area contributed by atoms with Crippen molar-refractivity contribution in [2.75, 3.05) is 7.11 Å². The van der Waals surface area contributed by atoms with E-state index in [4.69, 9.17) is 10.5 Å². The highest BCUT2D eigenvalue weighted by Crippen LogP contribution is 2.41. The Balaban J connectivity index is 2.13. The second-order valence-corrected chi connectivity index (χ2v) is 5.36. The lowest BCUT2D eigenvalue weighted by Crippen LogP contribution is -2.35. The zero-order chi connectivity index (χ0) is 13.5. The van der Waals surface area contributed by atoms with E-state index >= 15 is 0 Å². The first-order chi connectivity index (χ1) is 9.13. The number of hydrogen-bond acceptors (Lipinski definition) is 2. The molecule has 0 radical (unpaired) electrons. The van der Waals surface area contributed by atoms with Gasteiger partial charge in [0.2, 0.25) is 0 Å². The van der Waals surface area contributed by atoms with Crippen LogP contribution in [0.5, 0.6) is 5.75 Å². The van der Waals surface area contributed by atoms with Gasteiger partial charge in [0.25, 0.3) is 0 Å². The maximum absolute atomic E-state index is 6.73. The molecular formula is C17H19NO. The average molecular weight is 253 g/mol. The second-order valence-electron chi connectivity index (χ2n) is 5.36. The van der Waals surface area contributed by atoms with E-state index in [9.17, 15) is 0 Å². The van der Waals surface area contributed by atoms with Crippen molar-refractivity contribution in [2.24, 2.45) is 5.73 Å². The molecule has 2 aromatic rings. The second kappa shape index (κ2) is 4.39. The number of aryl methyl sites for hydroxylation is 2. The molecule has 1 unspecified atom stereocenters. The van der Waals surface area contributed by atoms with Gasteiger partial charge >= 0.3 is 0 Å². The van der Waals surface area contributed by atoms with Crippen molar-refractivity contribution in [3.63, 3.8) is 0 Å². The van der Waals surface area contributed by atoms with Crippen LogP contribution in [0.1, 0.15) is 28.7 Å². The van der Waals surface area contributed by atoms with Gasteiger partial charge in [0.15, 0.2) is 0 Å². The zero-order valence-electron chi connectivity index (χ0n) is 11.4. The summed E-state index contributed by atoms with van der Waals surface area (Å²) in [6.07, 6.45) is 1.99. The van der Waals surface area contributed by atoms with Crippen molar-refractivity contribution in [2.45, 2.75) is 25.3 Å². The van der Waals surface area contributed by atoms with Gasteiger partial charge in [0, 0.05) is 0 Å². The van der Waals surface area contributed by atoms with E-state index in [0.717, 1.165) is 18.6 Å². The fraction of sp³-hybridized carbons (Fsp3) is 0.294. The Kier molecular flexibility index (Phi) is 2.83. The Morgan fingerprint density at radius 1 is 1.16 bits per heavy atom. The van der Waals surface area contributed by atoms with Gasteiger partial charge in [-0.1, -0.05) is 35.9 Å². The van der Waals surface area contributed by atoms with Crippen molar-refractivity contribution >= 4 is 0 Å². The summed E-state index contributed by atoms with van der Waals surface area (Å²) in [6.45, 7) is 2.11. The number of rotatable bonds is 2. The molecule has 0 aliphatic heterocycles. The Morgan fingerprint density at radius 3 is 2.74 bits per heavy atom. The van der Waals surface area contributed by atoms with Crippen molar-refractivity contribution in [1.29, 1.82) is 0 Å². The van der Waals surface area contributed by atoms with Crippen LogP contribution in [0.15, 0.2) is 42.5 Å². The maximum Gasteiger partial charge on any atom is 0.119 e. The van der Waals surface area contributed by atoms with Crippen LogP contribution < -0.4 is 10.5 Å². The molecule has 0 amide bonds. The molecule has 98 valence electrons. The predicted molar refractivity (Wildman–Crippen MR) is 77.5 cm³/mol. The quantitative estimate of drug-likeness (QED) is 0.892. The summed E-state index contributed by atoms with van der Waals surface area (Å²) in [5.74, 6) is 0.878. The molecule has 2 nitrogen and oxygen atoms in total. The number of ether oxygens (including phenoxy) is 1. The molecule has 1 aliphatic rings. The summed E-state index contributed by atoms with van der Waals surface area (Å²) in [7, 11) is 1.70. The molecule has 0 fully saturated rings. The number of hydrogen-bond donors (Lipinski definition) is 1. The molecule has 2 N–H and O–H groups in total. The van der Waals surface area contributed by atoms with Gasteiger partial charge in [-0.25, -0.2) is 0 Å². The third-order valence-electron chi connectivity index (χ3n) is 4.12. The number of methoxy groups -OCH3 is 1. The van der Waals surface area contributed by atoms with E-state index in [1.165, 1.54) is 22.3 Å². The molecular weight excluding hydrogens is 234 g/mol. The Hall–Kier alpha value is -1.80. The van der Waals surface area contributed by atoms with Crippen LogP contribution in [0.2, 0.25) is 0 Å². The molecule has 2 heteroatoms. The predicted octanol–water partition coefficient (Wildman–Crippen LogP) is 3.15. The largest absolute Gasteiger partial charge is 0.497 e. The third kappa shape index (κ3) is 1.92. The highest BCUT2D eigenvalue weighted by molar-refractivity contribution is 5.50. The monoisotopic (exact) mass is 253 g/mol. The van der Waals surface area contributed by atoms with Gasteiger partial charge in [-0.2, -0.15) is 0 Å². The van der Waals surface area contributed by atoms with E-state index in [2.05, 4.69) is 43.3 Å². The summed E-state index contributed by atoms with van der Waals surface area (Å²) < 4.78 is 5.34. The Bertz CT molecular complexity index is 620. The fourth-order valence-corrected chi connectivity index (χ4v) is 3.00. The van der Waals surface area contributed by atoms with E-state index in [1.807, 2.05) is 6.07 Å². The standard InChI is InChI=1S/C17H19NO/c1-12-4-3-5-14(10-12)17(18)9-8-13-6-7-15(19-2)11-16(13)17/h3-7,10-11H,8-9,18H2,1-2H3. The van der Waals surface area contributed by atoms with Crippen LogP contribution in [0.4, 0.5) is 0 Å². The molecule has 0 heterocycles. The minimum absolute atomic E-state index is 0.379. The van der Waals surface area contributed by atoms with Crippen molar-refractivity contribution < 1.29 is 4.74 Å². The zero-order valence-corrected chi connectivity index (χ0v) is 11.4. The molecule has 0 saturated carbocycles. The van der Waals surface area contributed by atoms with Crippen LogP contribution >= 0.6 is 0 Å². The maximum atomic E-state index is 6.73. The molecule has 0 bridgehead atoms. The minimum Gasteiger partial charge on any atom is -0.497 e. The lowest BCUT2D eigenvalue weighted by Gasteiger charge is -2.27. The summed E-state index contributed by atoms with van der Waals surface area (Å²) in [6, 6.07) is 14.7. The van der Waals surface area contributed by atoms with E-state index in [1.54, 1.807) is 7.11 Å². The lowest BCUT2D eigenvalue weighted by atomic mass is 9.84. The topological polar surface area (TPSA) is 35.2 Å². The van der Waals surface area contributed by atoms with Gasteiger partial charge in [-0.3, -0.25) is 0 Å². The first kappa shape index (κ1) is 12.2. The molecule has 3 rings (SSSR count). The Morgan fingerprint density at radius 2 is 2.00 bits per heavy atom. The van der Waals surface area contributed by atoms with Gasteiger partial charge in [0.05, 0.1) is 12.6 Å². The van der Waals surface area contributed by atoms with Crippen molar-refractivity contribution in [3.8, 4) is 5.75 Å². The molecule has 1 atom stereocenters. The van der Waals surface area contributed by atoms with E-state index in [0.29, 0.717) is 0 Å². The normalized spacial score (nSPS) is 21.2. The van der Waals surface area contributed by atoms with Crippen molar-refractivity contribution in [1.82, 2.24) is 0 Å². The highest BCUT2D eigenvalue weighted by atomic mass is 16.5. The third-order valence-corrected chi connectivity index (χ3v) is 4.12. The summed E-state index contributed by atoms with van der Waals surface area (Å²) in [4.78, 5) is 0. The van der Waals surface area contributed by atoms with Crippen LogP contribution in [0.3, 0.4) is 0 Å². The van der Waals surface area contributed by atoms with Gasteiger partial charge in [-0.05, 0) is 48.6 Å². The van der Waals surface area contributed by atoms with Crippen LogP contribution in [-0.4, -0.2) is 7.11 Å². The van der Waals surface area contributed by atoms with Gasteiger partial charge < -0.3 is 10.5 Å². The van der Waals surface area contributed by atoms with Crippen molar-refractivity contribution in [3.05, 3.63) is 64.7 Å². The van der Waals surface area contributed by atoms with Gasteiger partial charge in [-0.15, -0.1) is 0 Å². The number of fused-ring (bicyclic) bond motifs is 1. The van der Waals surface area contributed by atoms with Gasteiger partial charge in [0.1, 0.15) is 5.75 Å². The first-order valence-corrected chi connectivity index (χ1v) is 6.67. The molecule has 1 aliphatic carbocycles. The molecule has 0 spiro atoms. The lowest BCUT2D eigenvalue weighted by molar-refractivity contribution is 0.413. The summed E-state index contributed by atoms with van der Waals surface area (Å²) in [5.41, 5.74) is 11.3. The smallest absolute Gasteiger partial charge is 0.119 e. The molecule has 2 aromatic carbocycles. The van der Waals surface area contributed by atoms with Crippen LogP contribution in [0, 0.1) is 6.92 Å². The number of nitrogens with two attached hydrogens (primary N) is 1. The van der Waals surface area contributed by atoms with Crippen LogP contribution in [-0.2, 0) is 12.0 Å². The SMILES string of the molecule is COc1ccc2c(c1)C(N)(c1cccc(C)c1)CC2. The molecule has 19 heavy (non-hydrogen) atoms. The summed E-state index contributed by atoms with van der Waals surface area (Å²) >= 11 is 0. The van der Waals surface area contributed by atoms with Crippen LogP contribution in [0.25, 0.3) is 0 Å². The summed E-state index contributed by atoms with van der Waals surface area (Å²) in [5, 5.41) is 0. The van der Waals surface area contributed by atoms with E-state index < -0.39 is 0 Å². The minimum atomic E-state index is -0.379. The number of benzene rings is 2. The molecule has 0 aromatic heterocycles. The fourth-order valence-electron chi connectivity index (χ4n) is 3.00. The van der Waals surface area contributed by atoms with E-state index in [-0.39, 0.29) is 5.54 Å². The molecule has 0 saturated heterocycles. The Labute approximate surface area is 114 Å². The first-order valence-electron chi connectivity index (χ1n) is 6.67. The highest BCUT2D eigenvalue weighted by Gasteiger charge is 2.36.